The van der Waals surface area contributed by atoms with Gasteiger partial charge in [0.25, 0.3) is 17.7 Å². The van der Waals surface area contributed by atoms with Crippen LogP contribution in [0.1, 0.15) is 16.8 Å². The van der Waals surface area contributed by atoms with Gasteiger partial charge in [-0.2, -0.15) is 10.2 Å². The van der Waals surface area contributed by atoms with Gasteiger partial charge in [0.15, 0.2) is 0 Å². The Bertz CT molecular complexity index is 1490. The van der Waals surface area contributed by atoms with Crippen molar-refractivity contribution in [2.75, 3.05) is 29.5 Å². The molecule has 4 rings (SSSR count). The second-order valence-corrected chi connectivity index (χ2v) is 8.78. The van der Waals surface area contributed by atoms with E-state index in [0.717, 1.165) is 9.80 Å². The fourth-order valence-corrected chi connectivity index (χ4v) is 4.32. The maximum Gasteiger partial charge on any atom is 0.305 e. The van der Waals surface area contributed by atoms with Crippen LogP contribution in [0.3, 0.4) is 0 Å². The number of carboxylic acid groups (broad SMARTS) is 1. The number of aliphatic carboxylic acids is 1. The highest BCUT2D eigenvalue weighted by molar-refractivity contribution is 6.12. The van der Waals surface area contributed by atoms with Gasteiger partial charge in [-0.1, -0.05) is 30.3 Å². The average molecular weight is 549 g/mol. The Morgan fingerprint density at radius 1 is 1.07 bits per heavy atom. The van der Waals surface area contributed by atoms with Gasteiger partial charge in [0.2, 0.25) is 5.91 Å². The third-order valence-corrected chi connectivity index (χ3v) is 6.13. The number of aliphatic hydroxyl groups excluding tert-OH is 1. The first-order valence-electron chi connectivity index (χ1n) is 12.0. The van der Waals surface area contributed by atoms with E-state index in [9.17, 15) is 33.9 Å². The monoisotopic (exact) mass is 548 g/mol. The smallest absolute Gasteiger partial charge is 0.305 e. The van der Waals surface area contributed by atoms with E-state index < -0.39 is 61.3 Å². The molecule has 14 heteroatoms. The lowest BCUT2D eigenvalue weighted by atomic mass is 10.1. The predicted molar refractivity (Wildman–Crippen MR) is 139 cm³/mol. The number of rotatable bonds is 9. The molecule has 14 nitrogen and oxygen atoms in total. The number of fused-ring (bicyclic) bond motifs is 2. The molecular weight excluding hydrogens is 524 g/mol. The molecule has 4 amide bonds. The van der Waals surface area contributed by atoms with Gasteiger partial charge >= 0.3 is 5.97 Å². The van der Waals surface area contributed by atoms with Crippen molar-refractivity contribution in [1.82, 2.24) is 20.8 Å². The van der Waals surface area contributed by atoms with Gasteiger partial charge in [-0.3, -0.25) is 28.9 Å². The number of nitrogens with zero attached hydrogens (tertiary/aromatic N) is 4. The number of para-hydroxylation sites is 2. The first-order chi connectivity index (χ1) is 19.2. The van der Waals surface area contributed by atoms with Gasteiger partial charge in [0.05, 0.1) is 47.7 Å². The van der Waals surface area contributed by atoms with Crippen LogP contribution in [0.5, 0.6) is 0 Å². The molecule has 1 aliphatic heterocycles. The molecule has 1 aliphatic rings. The van der Waals surface area contributed by atoms with Gasteiger partial charge in [-0.05, 0) is 18.2 Å². The minimum atomic E-state index is -1.38. The van der Waals surface area contributed by atoms with Crippen molar-refractivity contribution in [1.29, 1.82) is 0 Å². The number of carbonyl (C=O) groups is 6. The second-order valence-electron chi connectivity index (χ2n) is 8.78. The number of aromatic nitrogens is 2. The molecule has 206 valence electrons. The molecule has 3 aromatic rings. The number of amides is 4. The summed E-state index contributed by atoms with van der Waals surface area (Å²) in [6, 6.07) is 10.1. The molecule has 0 saturated heterocycles. The van der Waals surface area contributed by atoms with E-state index in [2.05, 4.69) is 20.8 Å². The first-order valence-corrected chi connectivity index (χ1v) is 12.0. The first kappa shape index (κ1) is 27.8. The van der Waals surface area contributed by atoms with Gasteiger partial charge in [-0.25, -0.2) is 0 Å². The number of hydrogen-bond donors (Lipinski definition) is 4. The van der Waals surface area contributed by atoms with Crippen LogP contribution in [0.4, 0.5) is 11.4 Å². The van der Waals surface area contributed by atoms with E-state index in [1.54, 1.807) is 36.4 Å². The van der Waals surface area contributed by atoms with E-state index in [1.165, 1.54) is 18.3 Å². The normalized spacial score (nSPS) is 15.5. The predicted octanol–water partition coefficient (Wildman–Crippen LogP) is -0.741. The van der Waals surface area contributed by atoms with Gasteiger partial charge in [0, 0.05) is 5.39 Å². The van der Waals surface area contributed by atoms with Crippen molar-refractivity contribution in [2.45, 2.75) is 18.5 Å². The molecule has 1 aromatic heterocycles. The van der Waals surface area contributed by atoms with Crippen LogP contribution in [-0.4, -0.2) is 88.1 Å². The highest BCUT2D eigenvalue weighted by Crippen LogP contribution is 2.33. The van der Waals surface area contributed by atoms with E-state index in [-0.39, 0.29) is 29.8 Å². The number of hydrogen-bond acceptors (Lipinski definition) is 9. The van der Waals surface area contributed by atoms with Crippen molar-refractivity contribution < 1.29 is 39.0 Å². The van der Waals surface area contributed by atoms with Crippen molar-refractivity contribution in [2.24, 2.45) is 0 Å². The fourth-order valence-electron chi connectivity index (χ4n) is 4.32. The topological polar surface area (TPSA) is 199 Å². The molecule has 2 heterocycles. The lowest BCUT2D eigenvalue weighted by Gasteiger charge is -2.25. The minimum Gasteiger partial charge on any atom is -0.481 e. The molecular formula is C26H24N6O8. The molecule has 4 N–H and O–H groups in total. The van der Waals surface area contributed by atoms with Gasteiger partial charge in [-0.15, -0.1) is 0 Å². The highest BCUT2D eigenvalue weighted by atomic mass is 16.4. The van der Waals surface area contributed by atoms with Crippen molar-refractivity contribution in [3.05, 3.63) is 60.3 Å². The lowest BCUT2D eigenvalue weighted by Crippen LogP contribution is -2.55. The Balaban J connectivity index is 1.69. The number of carbonyl (C=O) groups excluding carboxylic acids is 5. The number of benzene rings is 2. The molecule has 0 aliphatic carbocycles. The number of aliphatic hydroxyl groups is 1. The average Bonchev–Trinajstić information content (AvgIpc) is 3.06. The van der Waals surface area contributed by atoms with Gasteiger partial charge < -0.3 is 30.5 Å². The zero-order valence-electron chi connectivity index (χ0n) is 20.9. The van der Waals surface area contributed by atoms with Crippen molar-refractivity contribution in [3.63, 3.8) is 0 Å². The zero-order valence-corrected chi connectivity index (χ0v) is 20.9. The lowest BCUT2D eigenvalue weighted by molar-refractivity contribution is -0.139. The Hall–Kier alpha value is -5.24. The second kappa shape index (κ2) is 12.1. The Labute approximate surface area is 226 Å². The molecule has 0 unspecified atom stereocenters. The summed E-state index contributed by atoms with van der Waals surface area (Å²) in [5, 5.41) is 31.7. The van der Waals surface area contributed by atoms with Gasteiger partial charge in [0.1, 0.15) is 25.5 Å². The summed E-state index contributed by atoms with van der Waals surface area (Å²) in [7, 11) is 0. The largest absolute Gasteiger partial charge is 0.481 e. The summed E-state index contributed by atoms with van der Waals surface area (Å²) in [4.78, 5) is 77.1. The maximum atomic E-state index is 13.8. The van der Waals surface area contributed by atoms with Crippen LogP contribution in [0, 0.1) is 0 Å². The maximum absolute atomic E-state index is 13.8. The molecule has 0 bridgehead atoms. The van der Waals surface area contributed by atoms with Crippen LogP contribution >= 0.6 is 0 Å². The summed E-state index contributed by atoms with van der Waals surface area (Å²) in [6.45, 7) is -1.92. The molecule has 40 heavy (non-hydrogen) atoms. The number of aldehydes is 1. The minimum absolute atomic E-state index is 0.118. The molecule has 2 atom stereocenters. The van der Waals surface area contributed by atoms with Crippen LogP contribution in [0.25, 0.3) is 10.9 Å². The SMILES string of the molecule is O=C[C@H](CC(=O)O)NC(=O)CN1C(=O)[C@@H](NC(=O)c2cnnc3ccccc23)CN(C(=O)CO)c2ccccc21. The molecule has 0 radical (unpaired) electrons. The molecule has 0 spiro atoms. The van der Waals surface area contributed by atoms with Crippen LogP contribution < -0.4 is 20.4 Å². The van der Waals surface area contributed by atoms with Crippen LogP contribution in [0.2, 0.25) is 0 Å². The van der Waals surface area contributed by atoms with Crippen LogP contribution in [0.15, 0.2) is 54.7 Å². The third-order valence-electron chi connectivity index (χ3n) is 6.13. The summed E-state index contributed by atoms with van der Waals surface area (Å²) >= 11 is 0. The Morgan fingerprint density at radius 3 is 2.48 bits per heavy atom. The Kier molecular flexibility index (Phi) is 8.39. The molecule has 0 saturated carbocycles. The van der Waals surface area contributed by atoms with E-state index in [4.69, 9.17) is 5.11 Å². The number of anilines is 2. The summed E-state index contributed by atoms with van der Waals surface area (Å²) in [5.74, 6) is -4.38. The molecule has 0 fully saturated rings. The van der Waals surface area contributed by atoms with E-state index >= 15 is 0 Å². The Morgan fingerprint density at radius 2 is 1.77 bits per heavy atom. The number of carboxylic acids is 1. The summed E-state index contributed by atoms with van der Waals surface area (Å²) in [6.07, 6.45) is 0.838. The third kappa shape index (κ3) is 5.91. The molecule has 2 aromatic carbocycles. The highest BCUT2D eigenvalue weighted by Gasteiger charge is 2.38. The summed E-state index contributed by atoms with van der Waals surface area (Å²) < 4.78 is 0. The van der Waals surface area contributed by atoms with Crippen molar-refractivity contribution >= 4 is 58.2 Å². The van der Waals surface area contributed by atoms with Crippen LogP contribution in [-0.2, 0) is 24.0 Å². The van der Waals surface area contributed by atoms with Crippen molar-refractivity contribution in [3.8, 4) is 0 Å². The summed E-state index contributed by atoms with van der Waals surface area (Å²) in [5.41, 5.74) is 0.870. The van der Waals surface area contributed by atoms with E-state index in [1.807, 2.05) is 0 Å². The number of nitrogens with one attached hydrogen (secondary N) is 2. The zero-order chi connectivity index (χ0) is 28.8. The quantitative estimate of drug-likeness (QED) is 0.247. The van der Waals surface area contributed by atoms with E-state index in [0.29, 0.717) is 10.9 Å². The fraction of sp³-hybridized carbons (Fsp3) is 0.231. The standard InChI is InChI=1S/C26H24N6O8/c33-13-15(9-24(37)38)28-22(35)12-32-21-8-4-3-7-20(21)31(23(36)14-34)11-19(26(32)40)29-25(39)17-10-27-30-18-6-2-1-5-16(17)18/h1-8,10,13,15,19,34H,9,11-12,14H2,(H,28,35)(H,29,39)(H,37,38)/t15-,19-/m0/s1.